The molecule has 0 saturated carbocycles. The van der Waals surface area contributed by atoms with Crippen molar-refractivity contribution in [3.8, 4) is 0 Å². The van der Waals surface area contributed by atoms with Crippen molar-refractivity contribution in [1.82, 2.24) is 0 Å². The lowest BCUT2D eigenvalue weighted by Crippen LogP contribution is -2.12. The van der Waals surface area contributed by atoms with Crippen LogP contribution in [0, 0.1) is 6.92 Å². The normalized spacial score (nSPS) is 12.8. The van der Waals surface area contributed by atoms with Crippen LogP contribution < -0.4 is 11.5 Å². The number of rotatable bonds is 3. The zero-order valence-electron chi connectivity index (χ0n) is 7.83. The van der Waals surface area contributed by atoms with Crippen LogP contribution in [0.15, 0.2) is 18.2 Å². The maximum atomic E-state index is 8.71. The summed E-state index contributed by atoms with van der Waals surface area (Å²) < 4.78 is 0. The van der Waals surface area contributed by atoms with E-state index < -0.39 is 0 Å². The van der Waals surface area contributed by atoms with Crippen molar-refractivity contribution in [3.63, 3.8) is 0 Å². The van der Waals surface area contributed by atoms with Crippen LogP contribution in [0.4, 0.5) is 5.69 Å². The minimum absolute atomic E-state index is 0.106. The Morgan fingerprint density at radius 3 is 2.69 bits per heavy atom. The molecule has 3 nitrogen and oxygen atoms in total. The number of anilines is 1. The summed E-state index contributed by atoms with van der Waals surface area (Å²) in [5, 5.41) is 8.71. The van der Waals surface area contributed by atoms with Gasteiger partial charge in [0.05, 0.1) is 0 Å². The Labute approximate surface area is 78.4 Å². The number of hydrogen-bond donors (Lipinski definition) is 3. The molecule has 1 aromatic rings. The maximum Gasteiger partial charge on any atom is 0.0449 e. The molecule has 0 aromatic heterocycles. The highest BCUT2D eigenvalue weighted by Crippen LogP contribution is 2.19. The van der Waals surface area contributed by atoms with Crippen LogP contribution in [-0.2, 0) is 0 Å². The van der Waals surface area contributed by atoms with E-state index in [1.807, 2.05) is 25.1 Å². The highest BCUT2D eigenvalue weighted by molar-refractivity contribution is 5.48. The van der Waals surface area contributed by atoms with Gasteiger partial charge in [-0.15, -0.1) is 0 Å². The zero-order chi connectivity index (χ0) is 9.84. The molecule has 1 atom stereocenters. The zero-order valence-corrected chi connectivity index (χ0v) is 7.83. The highest BCUT2D eigenvalue weighted by atomic mass is 16.3. The fourth-order valence-electron chi connectivity index (χ4n) is 1.20. The van der Waals surface area contributed by atoms with E-state index in [1.165, 1.54) is 0 Å². The van der Waals surface area contributed by atoms with Crippen LogP contribution >= 0.6 is 0 Å². The predicted molar refractivity (Wildman–Crippen MR) is 54.2 cm³/mol. The third kappa shape index (κ3) is 2.44. The van der Waals surface area contributed by atoms with Crippen LogP contribution in [0.25, 0.3) is 0 Å². The summed E-state index contributed by atoms with van der Waals surface area (Å²) in [5.74, 6) is 0. The van der Waals surface area contributed by atoms with Gasteiger partial charge in [0.2, 0.25) is 0 Å². The van der Waals surface area contributed by atoms with Gasteiger partial charge >= 0.3 is 0 Å². The van der Waals surface area contributed by atoms with Gasteiger partial charge in [0.25, 0.3) is 0 Å². The molecule has 0 bridgehead atoms. The first kappa shape index (κ1) is 10.0. The molecule has 0 unspecified atom stereocenters. The quantitative estimate of drug-likeness (QED) is 0.607. The van der Waals surface area contributed by atoms with Gasteiger partial charge in [-0.25, -0.2) is 0 Å². The molecule has 0 spiro atoms. The lowest BCUT2D eigenvalue weighted by atomic mass is 10.0. The Hall–Kier alpha value is -1.06. The summed E-state index contributed by atoms with van der Waals surface area (Å²) in [6, 6.07) is 5.65. The van der Waals surface area contributed by atoms with E-state index in [9.17, 15) is 0 Å². The van der Waals surface area contributed by atoms with E-state index in [4.69, 9.17) is 16.6 Å². The second kappa shape index (κ2) is 4.25. The SMILES string of the molecule is Cc1ccc([C@@H](N)CCO)cc1N. The highest BCUT2D eigenvalue weighted by Gasteiger charge is 2.05. The van der Waals surface area contributed by atoms with Gasteiger partial charge in [-0.1, -0.05) is 12.1 Å². The monoisotopic (exact) mass is 180 g/mol. The molecule has 0 saturated heterocycles. The molecule has 13 heavy (non-hydrogen) atoms. The molecule has 5 N–H and O–H groups in total. The van der Waals surface area contributed by atoms with Gasteiger partial charge in [0, 0.05) is 18.3 Å². The minimum Gasteiger partial charge on any atom is -0.399 e. The van der Waals surface area contributed by atoms with Crippen LogP contribution in [0.5, 0.6) is 0 Å². The maximum absolute atomic E-state index is 8.71. The summed E-state index contributed by atoms with van der Waals surface area (Å²) in [6.07, 6.45) is 0.572. The van der Waals surface area contributed by atoms with Crippen LogP contribution in [0.1, 0.15) is 23.6 Å². The molecule has 1 rings (SSSR count). The molecule has 0 amide bonds. The molecule has 72 valence electrons. The Morgan fingerprint density at radius 2 is 2.15 bits per heavy atom. The standard InChI is InChI=1S/C10H16N2O/c1-7-2-3-8(6-10(7)12)9(11)4-5-13/h2-3,6,9,13H,4-5,11-12H2,1H3/t9-/m0/s1. The smallest absolute Gasteiger partial charge is 0.0449 e. The Bertz CT molecular complexity index is 286. The van der Waals surface area contributed by atoms with Gasteiger partial charge in [-0.3, -0.25) is 0 Å². The average molecular weight is 180 g/mol. The van der Waals surface area contributed by atoms with E-state index in [-0.39, 0.29) is 12.6 Å². The summed E-state index contributed by atoms with van der Waals surface area (Å²) in [6.45, 7) is 2.06. The van der Waals surface area contributed by atoms with Crippen molar-refractivity contribution in [2.45, 2.75) is 19.4 Å². The number of aryl methyl sites for hydroxylation is 1. The number of aliphatic hydroxyl groups excluding tert-OH is 1. The van der Waals surface area contributed by atoms with Crippen molar-refractivity contribution < 1.29 is 5.11 Å². The summed E-state index contributed by atoms with van der Waals surface area (Å²) in [7, 11) is 0. The summed E-state index contributed by atoms with van der Waals surface area (Å²) in [4.78, 5) is 0. The Kier molecular flexibility index (Phi) is 3.28. The predicted octanol–water partition coefficient (Wildman–Crippen LogP) is 0.959. The van der Waals surface area contributed by atoms with E-state index >= 15 is 0 Å². The molecular formula is C10H16N2O. The first-order valence-electron chi connectivity index (χ1n) is 4.37. The van der Waals surface area contributed by atoms with Gasteiger partial charge < -0.3 is 16.6 Å². The third-order valence-electron chi connectivity index (χ3n) is 2.17. The van der Waals surface area contributed by atoms with Crippen molar-refractivity contribution >= 4 is 5.69 Å². The summed E-state index contributed by atoms with van der Waals surface area (Å²) in [5.41, 5.74) is 14.3. The molecular weight excluding hydrogens is 164 g/mol. The average Bonchev–Trinajstić information content (AvgIpc) is 2.10. The van der Waals surface area contributed by atoms with Crippen molar-refractivity contribution in [2.24, 2.45) is 5.73 Å². The van der Waals surface area contributed by atoms with Gasteiger partial charge in [-0.05, 0) is 30.5 Å². The van der Waals surface area contributed by atoms with Crippen LogP contribution in [0.2, 0.25) is 0 Å². The first-order valence-corrected chi connectivity index (χ1v) is 4.37. The number of nitrogens with two attached hydrogens (primary N) is 2. The lowest BCUT2D eigenvalue weighted by Gasteiger charge is -2.11. The van der Waals surface area contributed by atoms with Crippen molar-refractivity contribution in [1.29, 1.82) is 0 Å². The number of nitrogen functional groups attached to an aromatic ring is 1. The molecule has 0 aliphatic heterocycles. The van der Waals surface area contributed by atoms with Crippen LogP contribution in [0.3, 0.4) is 0 Å². The molecule has 0 aliphatic rings. The third-order valence-corrected chi connectivity index (χ3v) is 2.17. The van der Waals surface area contributed by atoms with E-state index in [0.29, 0.717) is 6.42 Å². The largest absolute Gasteiger partial charge is 0.399 e. The Morgan fingerprint density at radius 1 is 1.46 bits per heavy atom. The molecule has 0 aliphatic carbocycles. The number of aliphatic hydroxyl groups is 1. The fraction of sp³-hybridized carbons (Fsp3) is 0.400. The molecule has 0 fully saturated rings. The van der Waals surface area contributed by atoms with E-state index in [0.717, 1.165) is 16.8 Å². The second-order valence-corrected chi connectivity index (χ2v) is 3.23. The summed E-state index contributed by atoms with van der Waals surface area (Å²) >= 11 is 0. The van der Waals surface area contributed by atoms with Gasteiger partial charge in [0.1, 0.15) is 0 Å². The minimum atomic E-state index is -0.118. The Balaban J connectivity index is 2.84. The molecule has 0 radical (unpaired) electrons. The van der Waals surface area contributed by atoms with Crippen molar-refractivity contribution in [3.05, 3.63) is 29.3 Å². The topological polar surface area (TPSA) is 72.3 Å². The number of hydrogen-bond acceptors (Lipinski definition) is 3. The fourth-order valence-corrected chi connectivity index (χ4v) is 1.20. The van der Waals surface area contributed by atoms with E-state index in [1.54, 1.807) is 0 Å². The van der Waals surface area contributed by atoms with Crippen LogP contribution in [-0.4, -0.2) is 11.7 Å². The van der Waals surface area contributed by atoms with Gasteiger partial charge in [0.15, 0.2) is 0 Å². The first-order chi connectivity index (χ1) is 6.15. The lowest BCUT2D eigenvalue weighted by molar-refractivity contribution is 0.276. The van der Waals surface area contributed by atoms with Crippen molar-refractivity contribution in [2.75, 3.05) is 12.3 Å². The van der Waals surface area contributed by atoms with Gasteiger partial charge in [-0.2, -0.15) is 0 Å². The molecule has 1 aromatic carbocycles. The molecule has 0 heterocycles. The molecule has 3 heteroatoms. The second-order valence-electron chi connectivity index (χ2n) is 3.23. The number of benzene rings is 1. The van der Waals surface area contributed by atoms with E-state index in [2.05, 4.69) is 0 Å².